The van der Waals surface area contributed by atoms with Crippen LogP contribution in [0.15, 0.2) is 24.3 Å². The molecule has 18 heavy (non-hydrogen) atoms. The van der Waals surface area contributed by atoms with Crippen LogP contribution in [0.1, 0.15) is 19.4 Å². The van der Waals surface area contributed by atoms with Crippen molar-refractivity contribution in [2.24, 2.45) is 5.73 Å². The van der Waals surface area contributed by atoms with E-state index in [1.165, 1.54) is 5.56 Å². The van der Waals surface area contributed by atoms with E-state index in [0.717, 1.165) is 12.2 Å². The Balaban J connectivity index is 2.67. The number of aryl methyl sites for hydroxylation is 1. The maximum atomic E-state index is 11.5. The Labute approximate surface area is 109 Å². The number of rotatable bonds is 6. The number of benzene rings is 1. The Morgan fingerprint density at radius 3 is 2.44 bits per heavy atom. The number of esters is 1. The van der Waals surface area contributed by atoms with E-state index in [4.69, 9.17) is 10.5 Å². The topological polar surface area (TPSA) is 55.6 Å². The zero-order valence-electron chi connectivity index (χ0n) is 11.3. The number of anilines is 1. The van der Waals surface area contributed by atoms with Crippen LogP contribution in [0, 0.1) is 6.92 Å². The average molecular weight is 250 g/mol. The number of ether oxygens (including phenoxy) is 1. The number of hydrogen-bond donors (Lipinski definition) is 1. The largest absolute Gasteiger partial charge is 0.465 e. The van der Waals surface area contributed by atoms with E-state index in [0.29, 0.717) is 13.2 Å². The van der Waals surface area contributed by atoms with Gasteiger partial charge in [-0.2, -0.15) is 0 Å². The van der Waals surface area contributed by atoms with Gasteiger partial charge in [0.15, 0.2) is 0 Å². The lowest BCUT2D eigenvalue weighted by Crippen LogP contribution is -2.43. The standard InChI is InChI=1S/C14H22N2O2/c1-4-16(10-13(15)14(17)18-5-2)12-8-6-11(3)7-9-12/h6-9,13H,4-5,10,15H2,1-3H3. The van der Waals surface area contributed by atoms with Gasteiger partial charge in [-0.1, -0.05) is 17.7 Å². The summed E-state index contributed by atoms with van der Waals surface area (Å²) in [5.41, 5.74) is 8.12. The molecule has 0 heterocycles. The van der Waals surface area contributed by atoms with E-state index < -0.39 is 6.04 Å². The van der Waals surface area contributed by atoms with E-state index in [1.54, 1.807) is 6.92 Å². The van der Waals surface area contributed by atoms with Gasteiger partial charge in [0.2, 0.25) is 0 Å². The Hall–Kier alpha value is -1.55. The summed E-state index contributed by atoms with van der Waals surface area (Å²) in [6.45, 7) is 7.50. The molecular weight excluding hydrogens is 228 g/mol. The summed E-state index contributed by atoms with van der Waals surface area (Å²) in [4.78, 5) is 13.6. The number of carbonyl (C=O) groups excluding carboxylic acids is 1. The van der Waals surface area contributed by atoms with Crippen LogP contribution in [0.4, 0.5) is 5.69 Å². The zero-order valence-corrected chi connectivity index (χ0v) is 11.3. The highest BCUT2D eigenvalue weighted by molar-refractivity contribution is 5.76. The lowest BCUT2D eigenvalue weighted by Gasteiger charge is -2.25. The molecule has 1 unspecified atom stereocenters. The maximum Gasteiger partial charge on any atom is 0.324 e. The van der Waals surface area contributed by atoms with Crippen LogP contribution >= 0.6 is 0 Å². The first kappa shape index (κ1) is 14.5. The molecule has 2 N–H and O–H groups in total. The van der Waals surface area contributed by atoms with Crippen LogP contribution < -0.4 is 10.6 Å². The summed E-state index contributed by atoms with van der Waals surface area (Å²) in [6.07, 6.45) is 0. The van der Waals surface area contributed by atoms with Crippen LogP contribution in [-0.2, 0) is 9.53 Å². The molecule has 0 aromatic heterocycles. The van der Waals surface area contributed by atoms with Gasteiger partial charge in [0.25, 0.3) is 0 Å². The van der Waals surface area contributed by atoms with Gasteiger partial charge in [0, 0.05) is 18.8 Å². The molecule has 0 amide bonds. The minimum absolute atomic E-state index is 0.344. The number of nitrogens with two attached hydrogens (primary N) is 1. The van der Waals surface area contributed by atoms with Crippen molar-refractivity contribution in [1.82, 2.24) is 0 Å². The van der Waals surface area contributed by atoms with Gasteiger partial charge in [-0.05, 0) is 32.9 Å². The average Bonchev–Trinajstić information content (AvgIpc) is 2.37. The van der Waals surface area contributed by atoms with Crippen LogP contribution in [0.2, 0.25) is 0 Å². The Morgan fingerprint density at radius 1 is 1.33 bits per heavy atom. The third-order valence-electron chi connectivity index (χ3n) is 2.79. The fourth-order valence-electron chi connectivity index (χ4n) is 1.73. The third-order valence-corrected chi connectivity index (χ3v) is 2.79. The number of hydrogen-bond acceptors (Lipinski definition) is 4. The number of nitrogens with zero attached hydrogens (tertiary/aromatic N) is 1. The van der Waals surface area contributed by atoms with Crippen molar-refractivity contribution in [1.29, 1.82) is 0 Å². The first-order valence-corrected chi connectivity index (χ1v) is 6.32. The Kier molecular flexibility index (Phi) is 5.65. The summed E-state index contributed by atoms with van der Waals surface area (Å²) in [6, 6.07) is 7.57. The normalized spacial score (nSPS) is 12.0. The number of likely N-dealkylation sites (N-methyl/N-ethyl adjacent to an activating group) is 1. The minimum atomic E-state index is -0.605. The SMILES string of the molecule is CCOC(=O)C(N)CN(CC)c1ccc(C)cc1. The van der Waals surface area contributed by atoms with Crippen LogP contribution in [-0.4, -0.2) is 31.7 Å². The Morgan fingerprint density at radius 2 is 1.94 bits per heavy atom. The highest BCUT2D eigenvalue weighted by atomic mass is 16.5. The quantitative estimate of drug-likeness (QED) is 0.781. The van der Waals surface area contributed by atoms with Crippen molar-refractivity contribution in [3.8, 4) is 0 Å². The van der Waals surface area contributed by atoms with Crippen LogP contribution in [0.5, 0.6) is 0 Å². The van der Waals surface area contributed by atoms with E-state index in [1.807, 2.05) is 38.1 Å². The molecule has 1 aromatic carbocycles. The van der Waals surface area contributed by atoms with Gasteiger partial charge in [0.1, 0.15) is 6.04 Å². The van der Waals surface area contributed by atoms with Crippen molar-refractivity contribution in [2.75, 3.05) is 24.6 Å². The molecule has 4 nitrogen and oxygen atoms in total. The fourth-order valence-corrected chi connectivity index (χ4v) is 1.73. The lowest BCUT2D eigenvalue weighted by atomic mass is 10.2. The maximum absolute atomic E-state index is 11.5. The van der Waals surface area contributed by atoms with Gasteiger partial charge < -0.3 is 15.4 Å². The molecule has 1 rings (SSSR count). The van der Waals surface area contributed by atoms with Gasteiger partial charge in [-0.3, -0.25) is 4.79 Å². The summed E-state index contributed by atoms with van der Waals surface area (Å²) >= 11 is 0. The van der Waals surface area contributed by atoms with Crippen molar-refractivity contribution in [3.63, 3.8) is 0 Å². The minimum Gasteiger partial charge on any atom is -0.465 e. The molecule has 1 atom stereocenters. The van der Waals surface area contributed by atoms with Crippen LogP contribution in [0.25, 0.3) is 0 Å². The summed E-state index contributed by atoms with van der Waals surface area (Å²) in [7, 11) is 0. The molecule has 0 saturated carbocycles. The summed E-state index contributed by atoms with van der Waals surface area (Å²) in [5.74, 6) is -0.344. The van der Waals surface area contributed by atoms with Gasteiger partial charge >= 0.3 is 5.97 Å². The second-order valence-electron chi connectivity index (χ2n) is 4.23. The van der Waals surface area contributed by atoms with E-state index >= 15 is 0 Å². The highest BCUT2D eigenvalue weighted by Crippen LogP contribution is 2.15. The molecule has 0 spiro atoms. The molecule has 100 valence electrons. The van der Waals surface area contributed by atoms with Crippen molar-refractivity contribution in [2.45, 2.75) is 26.8 Å². The van der Waals surface area contributed by atoms with Gasteiger partial charge in [0.05, 0.1) is 6.61 Å². The molecular formula is C14H22N2O2. The first-order chi connectivity index (χ1) is 8.58. The summed E-state index contributed by atoms with van der Waals surface area (Å²) in [5, 5.41) is 0. The van der Waals surface area contributed by atoms with Gasteiger partial charge in [-0.25, -0.2) is 0 Å². The van der Waals surface area contributed by atoms with Crippen molar-refractivity contribution in [3.05, 3.63) is 29.8 Å². The van der Waals surface area contributed by atoms with E-state index in [9.17, 15) is 4.79 Å². The molecule has 0 fully saturated rings. The van der Waals surface area contributed by atoms with E-state index in [-0.39, 0.29) is 5.97 Å². The lowest BCUT2D eigenvalue weighted by molar-refractivity contribution is -0.144. The highest BCUT2D eigenvalue weighted by Gasteiger charge is 2.18. The van der Waals surface area contributed by atoms with Crippen molar-refractivity contribution < 1.29 is 9.53 Å². The first-order valence-electron chi connectivity index (χ1n) is 6.32. The van der Waals surface area contributed by atoms with Crippen LogP contribution in [0.3, 0.4) is 0 Å². The predicted molar refractivity (Wildman–Crippen MR) is 73.7 cm³/mol. The molecule has 0 aliphatic carbocycles. The van der Waals surface area contributed by atoms with Gasteiger partial charge in [-0.15, -0.1) is 0 Å². The molecule has 0 radical (unpaired) electrons. The molecule has 0 bridgehead atoms. The Bertz CT molecular complexity index is 376. The number of carbonyl (C=O) groups is 1. The zero-order chi connectivity index (χ0) is 13.5. The molecule has 1 aromatic rings. The van der Waals surface area contributed by atoms with Crippen molar-refractivity contribution >= 4 is 11.7 Å². The smallest absolute Gasteiger partial charge is 0.324 e. The fraction of sp³-hybridized carbons (Fsp3) is 0.500. The third kappa shape index (κ3) is 4.04. The molecule has 4 heteroatoms. The molecule has 0 aliphatic rings. The molecule has 0 aliphatic heterocycles. The summed E-state index contributed by atoms with van der Waals surface area (Å²) < 4.78 is 4.91. The molecule has 0 saturated heterocycles. The van der Waals surface area contributed by atoms with E-state index in [2.05, 4.69) is 4.90 Å². The second-order valence-corrected chi connectivity index (χ2v) is 4.23. The predicted octanol–water partition coefficient (Wildman–Crippen LogP) is 1.71. The second kappa shape index (κ2) is 7.01. The monoisotopic (exact) mass is 250 g/mol.